The molecule has 8 nitrogen and oxygen atoms in total. The Morgan fingerprint density at radius 2 is 2.08 bits per heavy atom. The van der Waals surface area contributed by atoms with E-state index < -0.39 is 11.9 Å². The van der Waals surface area contributed by atoms with Crippen molar-refractivity contribution >= 4 is 17.8 Å². The highest BCUT2D eigenvalue weighted by Gasteiger charge is 2.42. The van der Waals surface area contributed by atoms with Gasteiger partial charge in [0, 0.05) is 12.2 Å². The number of nitrogens with zero attached hydrogens (tertiary/aromatic N) is 2. The van der Waals surface area contributed by atoms with Crippen molar-refractivity contribution in [2.24, 2.45) is 5.73 Å². The molecule has 0 bridgehead atoms. The molecular formula is C18H24N4O4. The van der Waals surface area contributed by atoms with E-state index in [1.54, 1.807) is 18.3 Å². The molecule has 0 spiro atoms. The molecule has 2 heterocycles. The second kappa shape index (κ2) is 7.72. The Balaban J connectivity index is 1.59. The fraction of sp³-hybridized carbons (Fsp3) is 0.556. The lowest BCUT2D eigenvalue weighted by molar-refractivity contribution is -0.129. The number of hydrogen-bond donors (Lipinski definition) is 2. The number of carbonyl (C=O) groups excluding carboxylic acids is 3. The van der Waals surface area contributed by atoms with Crippen molar-refractivity contribution in [2.45, 2.75) is 63.6 Å². The second-order valence-electron chi connectivity index (χ2n) is 6.77. The lowest BCUT2D eigenvalue weighted by Crippen LogP contribution is -2.44. The van der Waals surface area contributed by atoms with E-state index in [1.807, 2.05) is 6.92 Å². The summed E-state index contributed by atoms with van der Waals surface area (Å²) in [5, 5.41) is 2.77. The van der Waals surface area contributed by atoms with E-state index in [2.05, 4.69) is 10.3 Å². The van der Waals surface area contributed by atoms with Crippen molar-refractivity contribution in [3.63, 3.8) is 0 Å². The lowest BCUT2D eigenvalue weighted by atomic mass is 9.91. The molecule has 1 aliphatic heterocycles. The zero-order valence-electron chi connectivity index (χ0n) is 14.8. The van der Waals surface area contributed by atoms with Crippen LogP contribution in [0.2, 0.25) is 0 Å². The molecule has 8 heteroatoms. The number of rotatable bonds is 6. The topological polar surface area (TPSA) is 115 Å². The lowest BCUT2D eigenvalue weighted by Gasteiger charge is -2.33. The van der Waals surface area contributed by atoms with Gasteiger partial charge in [-0.1, -0.05) is 13.3 Å². The molecule has 0 radical (unpaired) electrons. The van der Waals surface area contributed by atoms with Gasteiger partial charge in [-0.3, -0.25) is 14.5 Å². The number of nitrogens with two attached hydrogens (primary N) is 1. The van der Waals surface area contributed by atoms with Crippen LogP contribution >= 0.6 is 0 Å². The number of hydrogen-bond acceptors (Lipinski definition) is 5. The number of ether oxygens (including phenoxy) is 1. The maximum absolute atomic E-state index is 12.4. The first kappa shape index (κ1) is 18.2. The molecule has 4 amide bonds. The van der Waals surface area contributed by atoms with Gasteiger partial charge in [0.1, 0.15) is 17.7 Å². The standard InChI is InChI=1S/C18H24N4O4/c1-2-4-14-17(24)22(18(25)21-14)11-6-8-12(9-7-11)26-16-13(15(19)23)5-3-10-20-16/h3,5,10-12,14H,2,4,6-9H2,1H3,(H2,19,23)(H,21,25)/t11?,12?,14-/m0/s1. The van der Waals surface area contributed by atoms with Crippen LogP contribution in [-0.4, -0.2) is 45.9 Å². The van der Waals surface area contributed by atoms with Crippen LogP contribution in [0.1, 0.15) is 55.8 Å². The quantitative estimate of drug-likeness (QED) is 0.748. The number of amides is 4. The van der Waals surface area contributed by atoms with Crippen molar-refractivity contribution in [1.82, 2.24) is 15.2 Å². The van der Waals surface area contributed by atoms with E-state index in [-0.39, 0.29) is 35.5 Å². The molecule has 1 aromatic heterocycles. The molecule has 1 saturated heterocycles. The van der Waals surface area contributed by atoms with Crippen LogP contribution in [0, 0.1) is 0 Å². The average Bonchev–Trinajstić information content (AvgIpc) is 2.90. The third-order valence-electron chi connectivity index (χ3n) is 4.95. The van der Waals surface area contributed by atoms with Crippen LogP contribution in [0.4, 0.5) is 4.79 Å². The van der Waals surface area contributed by atoms with Crippen LogP contribution < -0.4 is 15.8 Å². The minimum Gasteiger partial charge on any atom is -0.474 e. The maximum atomic E-state index is 12.4. The van der Waals surface area contributed by atoms with E-state index in [0.717, 1.165) is 6.42 Å². The molecule has 3 rings (SSSR count). The van der Waals surface area contributed by atoms with Gasteiger partial charge in [0.05, 0.1) is 0 Å². The number of aromatic nitrogens is 1. The highest BCUT2D eigenvalue weighted by molar-refractivity contribution is 6.04. The van der Waals surface area contributed by atoms with E-state index in [0.29, 0.717) is 32.1 Å². The average molecular weight is 360 g/mol. The van der Waals surface area contributed by atoms with Gasteiger partial charge in [-0.25, -0.2) is 9.78 Å². The molecule has 1 saturated carbocycles. The zero-order chi connectivity index (χ0) is 18.7. The third kappa shape index (κ3) is 3.63. The largest absolute Gasteiger partial charge is 0.474 e. The highest BCUT2D eigenvalue weighted by atomic mass is 16.5. The number of urea groups is 1. The van der Waals surface area contributed by atoms with Gasteiger partial charge in [0.25, 0.3) is 11.8 Å². The molecule has 1 aliphatic carbocycles. The predicted molar refractivity (Wildman–Crippen MR) is 93.5 cm³/mol. The van der Waals surface area contributed by atoms with E-state index in [1.165, 1.54) is 4.90 Å². The molecule has 2 aliphatic rings. The minimum atomic E-state index is -0.580. The van der Waals surface area contributed by atoms with Gasteiger partial charge in [0.2, 0.25) is 5.88 Å². The summed E-state index contributed by atoms with van der Waals surface area (Å²) in [6.45, 7) is 1.99. The van der Waals surface area contributed by atoms with Crippen LogP contribution in [0.3, 0.4) is 0 Å². The Labute approximate surface area is 152 Å². The third-order valence-corrected chi connectivity index (χ3v) is 4.95. The van der Waals surface area contributed by atoms with Gasteiger partial charge in [-0.15, -0.1) is 0 Å². The van der Waals surface area contributed by atoms with Crippen LogP contribution in [0.25, 0.3) is 0 Å². The summed E-state index contributed by atoms with van der Waals surface area (Å²) >= 11 is 0. The Morgan fingerprint density at radius 1 is 1.35 bits per heavy atom. The van der Waals surface area contributed by atoms with Crippen molar-refractivity contribution in [2.75, 3.05) is 0 Å². The van der Waals surface area contributed by atoms with Crippen LogP contribution in [-0.2, 0) is 4.79 Å². The van der Waals surface area contributed by atoms with E-state index in [4.69, 9.17) is 10.5 Å². The van der Waals surface area contributed by atoms with Crippen molar-refractivity contribution in [1.29, 1.82) is 0 Å². The number of carbonyl (C=O) groups is 3. The summed E-state index contributed by atoms with van der Waals surface area (Å²) in [7, 11) is 0. The highest BCUT2D eigenvalue weighted by Crippen LogP contribution is 2.29. The van der Waals surface area contributed by atoms with Gasteiger partial charge in [0.15, 0.2) is 0 Å². The summed E-state index contributed by atoms with van der Waals surface area (Å²) in [6.07, 6.45) is 5.62. The zero-order valence-corrected chi connectivity index (χ0v) is 14.8. The first-order valence-corrected chi connectivity index (χ1v) is 9.06. The van der Waals surface area contributed by atoms with Gasteiger partial charge >= 0.3 is 6.03 Å². The van der Waals surface area contributed by atoms with Crippen molar-refractivity contribution in [3.8, 4) is 5.88 Å². The molecule has 3 N–H and O–H groups in total. The van der Waals surface area contributed by atoms with Crippen molar-refractivity contribution < 1.29 is 19.1 Å². The van der Waals surface area contributed by atoms with Gasteiger partial charge in [-0.05, 0) is 44.2 Å². The number of imide groups is 1. The minimum absolute atomic E-state index is 0.108. The molecule has 1 atom stereocenters. The van der Waals surface area contributed by atoms with E-state index in [9.17, 15) is 14.4 Å². The summed E-state index contributed by atoms with van der Waals surface area (Å²) in [6, 6.07) is 2.42. The summed E-state index contributed by atoms with van der Waals surface area (Å²) in [4.78, 5) is 41.5. The Bertz CT molecular complexity index is 700. The second-order valence-corrected chi connectivity index (χ2v) is 6.77. The normalized spacial score (nSPS) is 25.9. The number of nitrogens with one attached hydrogen (secondary N) is 1. The van der Waals surface area contributed by atoms with Crippen LogP contribution in [0.5, 0.6) is 5.88 Å². The van der Waals surface area contributed by atoms with Gasteiger partial charge in [-0.2, -0.15) is 0 Å². The Morgan fingerprint density at radius 3 is 2.73 bits per heavy atom. The van der Waals surface area contributed by atoms with Crippen molar-refractivity contribution in [3.05, 3.63) is 23.9 Å². The van der Waals surface area contributed by atoms with E-state index >= 15 is 0 Å². The fourth-order valence-electron chi connectivity index (χ4n) is 3.63. The molecule has 140 valence electrons. The first-order chi connectivity index (χ1) is 12.5. The monoisotopic (exact) mass is 360 g/mol. The fourth-order valence-corrected chi connectivity index (χ4v) is 3.63. The first-order valence-electron chi connectivity index (χ1n) is 9.06. The summed E-state index contributed by atoms with van der Waals surface area (Å²) < 4.78 is 5.86. The molecule has 0 aromatic carbocycles. The number of pyridine rings is 1. The Kier molecular flexibility index (Phi) is 5.39. The van der Waals surface area contributed by atoms with Gasteiger partial charge < -0.3 is 15.8 Å². The smallest absolute Gasteiger partial charge is 0.325 e. The van der Waals surface area contributed by atoms with Crippen LogP contribution in [0.15, 0.2) is 18.3 Å². The SMILES string of the molecule is CCC[C@@H]1NC(=O)N(C2CCC(Oc3ncccc3C(N)=O)CC2)C1=O. The predicted octanol–water partition coefficient (Wildman–Crippen LogP) is 1.59. The molecule has 26 heavy (non-hydrogen) atoms. The summed E-state index contributed by atoms with van der Waals surface area (Å²) in [5.41, 5.74) is 5.60. The molecule has 2 fully saturated rings. The molecule has 0 unspecified atom stereocenters. The maximum Gasteiger partial charge on any atom is 0.325 e. The molecular weight excluding hydrogens is 336 g/mol. The summed E-state index contributed by atoms with van der Waals surface area (Å²) in [5.74, 6) is -0.466. The Hall–Kier alpha value is -2.64. The molecule has 1 aromatic rings. The number of primary amides is 1.